The Labute approximate surface area is 219 Å². The SMILES string of the molecule is CC(C)CNC(=O)C(Cc1ccccc1)N(Cc1cccc(Br)c1)C(=O)Cc1c(F)cccc1Cl. The highest BCUT2D eigenvalue weighted by Gasteiger charge is 2.31. The van der Waals surface area contributed by atoms with Gasteiger partial charge >= 0.3 is 0 Å². The van der Waals surface area contributed by atoms with Gasteiger partial charge in [-0.2, -0.15) is 0 Å². The van der Waals surface area contributed by atoms with E-state index in [-0.39, 0.29) is 41.3 Å². The molecule has 0 saturated heterocycles. The zero-order valence-electron chi connectivity index (χ0n) is 19.8. The molecule has 35 heavy (non-hydrogen) atoms. The van der Waals surface area contributed by atoms with Crippen molar-refractivity contribution in [1.82, 2.24) is 10.2 Å². The van der Waals surface area contributed by atoms with Crippen molar-refractivity contribution in [2.45, 2.75) is 39.3 Å². The van der Waals surface area contributed by atoms with E-state index in [4.69, 9.17) is 11.6 Å². The van der Waals surface area contributed by atoms with Crippen molar-refractivity contribution in [3.05, 3.63) is 105 Å². The van der Waals surface area contributed by atoms with Crippen LogP contribution in [-0.2, 0) is 29.0 Å². The Morgan fingerprint density at radius 1 is 1.00 bits per heavy atom. The lowest BCUT2D eigenvalue weighted by molar-refractivity contribution is -0.140. The maximum absolute atomic E-state index is 14.5. The summed E-state index contributed by atoms with van der Waals surface area (Å²) < 4.78 is 15.4. The highest BCUT2D eigenvalue weighted by atomic mass is 79.9. The number of rotatable bonds is 10. The normalized spacial score (nSPS) is 11.8. The monoisotopic (exact) mass is 558 g/mol. The molecule has 2 amide bonds. The molecular formula is C28H29BrClFN2O2. The van der Waals surface area contributed by atoms with Gasteiger partial charge in [0.1, 0.15) is 11.9 Å². The molecule has 0 aliphatic carbocycles. The van der Waals surface area contributed by atoms with Crippen LogP contribution in [0, 0.1) is 11.7 Å². The molecule has 0 aromatic heterocycles. The van der Waals surface area contributed by atoms with Gasteiger partial charge in [0.15, 0.2) is 0 Å². The van der Waals surface area contributed by atoms with Gasteiger partial charge in [-0.1, -0.05) is 89.9 Å². The largest absolute Gasteiger partial charge is 0.354 e. The fourth-order valence-electron chi connectivity index (χ4n) is 3.76. The Hall–Kier alpha value is -2.70. The maximum atomic E-state index is 14.5. The lowest BCUT2D eigenvalue weighted by atomic mass is 10.0. The second-order valence-electron chi connectivity index (χ2n) is 8.87. The van der Waals surface area contributed by atoms with Crippen LogP contribution < -0.4 is 5.32 Å². The van der Waals surface area contributed by atoms with Crippen LogP contribution in [0.4, 0.5) is 4.39 Å². The summed E-state index contributed by atoms with van der Waals surface area (Å²) in [6, 6.07) is 20.7. The quantitative estimate of drug-likeness (QED) is 0.322. The average Bonchev–Trinajstić information content (AvgIpc) is 2.82. The first-order chi connectivity index (χ1) is 16.7. The van der Waals surface area contributed by atoms with Crippen LogP contribution in [0.2, 0.25) is 5.02 Å². The van der Waals surface area contributed by atoms with Crippen LogP contribution in [0.5, 0.6) is 0 Å². The summed E-state index contributed by atoms with van der Waals surface area (Å²) in [6.07, 6.45) is 0.0811. The minimum absolute atomic E-state index is 0.124. The zero-order valence-corrected chi connectivity index (χ0v) is 22.2. The van der Waals surface area contributed by atoms with Crippen LogP contribution in [0.3, 0.4) is 0 Å². The van der Waals surface area contributed by atoms with Crippen molar-refractivity contribution in [1.29, 1.82) is 0 Å². The van der Waals surface area contributed by atoms with Crippen molar-refractivity contribution in [3.8, 4) is 0 Å². The number of halogens is 3. The topological polar surface area (TPSA) is 49.4 Å². The highest BCUT2D eigenvalue weighted by molar-refractivity contribution is 9.10. The van der Waals surface area contributed by atoms with E-state index in [1.165, 1.54) is 17.0 Å². The fourth-order valence-corrected chi connectivity index (χ4v) is 4.44. The predicted octanol–water partition coefficient (Wildman–Crippen LogP) is 6.20. The molecule has 3 aromatic rings. The summed E-state index contributed by atoms with van der Waals surface area (Å²) in [7, 11) is 0. The van der Waals surface area contributed by atoms with Gasteiger partial charge in [0, 0.05) is 34.6 Å². The molecule has 0 heterocycles. The lowest BCUT2D eigenvalue weighted by Gasteiger charge is -2.32. The summed E-state index contributed by atoms with van der Waals surface area (Å²) in [6.45, 7) is 4.70. The minimum atomic E-state index is -0.784. The van der Waals surface area contributed by atoms with Gasteiger partial charge in [0.2, 0.25) is 11.8 Å². The van der Waals surface area contributed by atoms with Gasteiger partial charge in [-0.3, -0.25) is 9.59 Å². The molecule has 3 rings (SSSR count). The van der Waals surface area contributed by atoms with Crippen LogP contribution in [0.25, 0.3) is 0 Å². The molecule has 184 valence electrons. The first kappa shape index (κ1) is 26.9. The maximum Gasteiger partial charge on any atom is 0.243 e. The number of hydrogen-bond acceptors (Lipinski definition) is 2. The fraction of sp³-hybridized carbons (Fsp3) is 0.286. The van der Waals surface area contributed by atoms with Crippen LogP contribution in [0.1, 0.15) is 30.5 Å². The van der Waals surface area contributed by atoms with Crippen LogP contribution >= 0.6 is 27.5 Å². The Morgan fingerprint density at radius 3 is 2.34 bits per heavy atom. The van der Waals surface area contributed by atoms with E-state index < -0.39 is 11.9 Å². The highest BCUT2D eigenvalue weighted by Crippen LogP contribution is 2.23. The zero-order chi connectivity index (χ0) is 25.4. The van der Waals surface area contributed by atoms with Gasteiger partial charge in [0.05, 0.1) is 6.42 Å². The number of amides is 2. The van der Waals surface area contributed by atoms with Crippen molar-refractivity contribution >= 4 is 39.3 Å². The third-order valence-corrected chi connectivity index (χ3v) is 6.43. The van der Waals surface area contributed by atoms with Gasteiger partial charge in [0.25, 0.3) is 0 Å². The number of carbonyl (C=O) groups excluding carboxylic acids is 2. The van der Waals surface area contributed by atoms with Crippen molar-refractivity contribution in [2.75, 3.05) is 6.54 Å². The lowest BCUT2D eigenvalue weighted by Crippen LogP contribution is -2.51. The summed E-state index contributed by atoms with van der Waals surface area (Å²) >= 11 is 9.69. The van der Waals surface area contributed by atoms with E-state index in [1.54, 1.807) is 6.07 Å². The van der Waals surface area contributed by atoms with Gasteiger partial charge in [-0.15, -0.1) is 0 Å². The number of carbonyl (C=O) groups is 2. The number of benzene rings is 3. The third kappa shape index (κ3) is 7.91. The van der Waals surface area contributed by atoms with E-state index >= 15 is 0 Å². The molecule has 1 N–H and O–H groups in total. The second-order valence-corrected chi connectivity index (χ2v) is 10.2. The standard InChI is InChI=1S/C28H29BrClFN2O2/c1-19(2)17-32-28(35)26(15-20-8-4-3-5-9-20)33(18-21-10-6-11-22(29)14-21)27(34)16-23-24(30)12-7-13-25(23)31/h3-14,19,26H,15-18H2,1-2H3,(H,32,35). The molecule has 0 radical (unpaired) electrons. The Balaban J connectivity index is 2.00. The summed E-state index contributed by atoms with van der Waals surface area (Å²) in [5, 5.41) is 3.16. The van der Waals surface area contributed by atoms with Crippen LogP contribution in [-0.4, -0.2) is 29.3 Å². The first-order valence-electron chi connectivity index (χ1n) is 11.5. The number of nitrogens with zero attached hydrogens (tertiary/aromatic N) is 1. The van der Waals surface area contributed by atoms with E-state index in [2.05, 4.69) is 21.2 Å². The van der Waals surface area contributed by atoms with Crippen molar-refractivity contribution in [3.63, 3.8) is 0 Å². The summed E-state index contributed by atoms with van der Waals surface area (Å²) in [4.78, 5) is 28.7. The Kier molecular flexibility index (Phi) is 9.87. The molecule has 0 spiro atoms. The smallest absolute Gasteiger partial charge is 0.243 e. The van der Waals surface area contributed by atoms with Crippen LogP contribution in [0.15, 0.2) is 77.3 Å². The number of nitrogens with one attached hydrogen (secondary N) is 1. The molecule has 0 fully saturated rings. The Morgan fingerprint density at radius 2 is 1.69 bits per heavy atom. The third-order valence-electron chi connectivity index (χ3n) is 5.59. The molecule has 7 heteroatoms. The van der Waals surface area contributed by atoms with E-state index in [0.29, 0.717) is 13.0 Å². The molecule has 0 bridgehead atoms. The molecule has 3 aromatic carbocycles. The van der Waals surface area contributed by atoms with Gasteiger partial charge in [-0.25, -0.2) is 4.39 Å². The molecule has 1 atom stereocenters. The summed E-state index contributed by atoms with van der Waals surface area (Å²) in [5.41, 5.74) is 1.90. The second kappa shape index (κ2) is 12.8. The first-order valence-corrected chi connectivity index (χ1v) is 12.7. The average molecular weight is 560 g/mol. The van der Waals surface area contributed by atoms with E-state index in [1.807, 2.05) is 68.4 Å². The molecule has 1 unspecified atom stereocenters. The summed E-state index contributed by atoms with van der Waals surface area (Å²) in [5.74, 6) is -0.914. The predicted molar refractivity (Wildman–Crippen MR) is 142 cm³/mol. The Bertz CT molecular complexity index is 1140. The van der Waals surface area contributed by atoms with E-state index in [9.17, 15) is 14.0 Å². The van der Waals surface area contributed by atoms with Crippen molar-refractivity contribution in [2.24, 2.45) is 5.92 Å². The molecular weight excluding hydrogens is 531 g/mol. The van der Waals surface area contributed by atoms with Crippen molar-refractivity contribution < 1.29 is 14.0 Å². The van der Waals surface area contributed by atoms with Gasteiger partial charge in [-0.05, 0) is 41.3 Å². The molecule has 0 aliphatic rings. The molecule has 4 nitrogen and oxygen atoms in total. The molecule has 0 saturated carbocycles. The minimum Gasteiger partial charge on any atom is -0.354 e. The number of hydrogen-bond donors (Lipinski definition) is 1. The van der Waals surface area contributed by atoms with Gasteiger partial charge < -0.3 is 10.2 Å². The van der Waals surface area contributed by atoms with E-state index in [0.717, 1.165) is 15.6 Å². The molecule has 0 aliphatic heterocycles.